The molecule has 0 N–H and O–H groups in total. The molecule has 3 nitrogen and oxygen atoms in total. The second kappa shape index (κ2) is 5.85. The molecule has 3 rings (SSSR count). The van der Waals surface area contributed by atoms with Crippen LogP contribution >= 0.6 is 0 Å². The van der Waals surface area contributed by atoms with Crippen molar-refractivity contribution in [3.63, 3.8) is 0 Å². The molecule has 1 aromatic carbocycles. The minimum absolute atomic E-state index is 0.0445. The molecular weight excluding hydrogens is 271 g/mol. The van der Waals surface area contributed by atoms with Crippen molar-refractivity contribution in [3.8, 4) is 0 Å². The van der Waals surface area contributed by atoms with Crippen molar-refractivity contribution < 1.29 is 18.7 Å². The van der Waals surface area contributed by atoms with E-state index >= 15 is 0 Å². The van der Waals surface area contributed by atoms with Gasteiger partial charge in [0.05, 0.1) is 5.60 Å². The van der Waals surface area contributed by atoms with Crippen LogP contribution in [-0.2, 0) is 9.47 Å². The molecule has 1 unspecified atom stereocenters. The summed E-state index contributed by atoms with van der Waals surface area (Å²) in [6.07, 6.45) is 3.14. The Morgan fingerprint density at radius 3 is 2.76 bits per heavy atom. The van der Waals surface area contributed by atoms with Crippen LogP contribution in [0.2, 0.25) is 0 Å². The fourth-order valence-electron chi connectivity index (χ4n) is 3.33. The first-order valence-corrected chi connectivity index (χ1v) is 7.62. The van der Waals surface area contributed by atoms with Gasteiger partial charge in [-0.2, -0.15) is 0 Å². The average Bonchev–Trinajstić information content (AvgIpc) is 2.50. The monoisotopic (exact) mass is 292 g/mol. The molecule has 2 aliphatic heterocycles. The van der Waals surface area contributed by atoms with E-state index in [-0.39, 0.29) is 23.1 Å². The Labute approximate surface area is 124 Å². The lowest BCUT2D eigenvalue weighted by Crippen LogP contribution is -2.45. The van der Waals surface area contributed by atoms with Crippen LogP contribution in [0.4, 0.5) is 4.39 Å². The summed E-state index contributed by atoms with van der Waals surface area (Å²) in [7, 11) is 0. The Morgan fingerprint density at radius 2 is 2.05 bits per heavy atom. The highest BCUT2D eigenvalue weighted by atomic mass is 19.1. The van der Waals surface area contributed by atoms with E-state index in [4.69, 9.17) is 9.47 Å². The molecule has 21 heavy (non-hydrogen) atoms. The number of hydrogen-bond acceptors (Lipinski definition) is 3. The van der Waals surface area contributed by atoms with Gasteiger partial charge in [-0.3, -0.25) is 4.79 Å². The Kier molecular flexibility index (Phi) is 4.09. The van der Waals surface area contributed by atoms with E-state index in [1.165, 1.54) is 6.07 Å². The Balaban J connectivity index is 1.76. The Morgan fingerprint density at radius 1 is 1.29 bits per heavy atom. The molecule has 2 fully saturated rings. The molecule has 1 spiro atoms. The van der Waals surface area contributed by atoms with E-state index in [1.54, 1.807) is 19.1 Å². The van der Waals surface area contributed by atoms with Crippen LogP contribution in [0.25, 0.3) is 0 Å². The van der Waals surface area contributed by atoms with Gasteiger partial charge in [0.15, 0.2) is 5.78 Å². The zero-order chi connectivity index (χ0) is 14.9. The first-order valence-electron chi connectivity index (χ1n) is 7.62. The number of halogens is 1. The molecule has 0 radical (unpaired) electrons. The van der Waals surface area contributed by atoms with Crippen LogP contribution in [0, 0.1) is 18.7 Å². The Hall–Kier alpha value is -1.26. The molecule has 4 heteroatoms. The van der Waals surface area contributed by atoms with Crippen molar-refractivity contribution in [2.75, 3.05) is 19.8 Å². The molecule has 2 heterocycles. The van der Waals surface area contributed by atoms with Gasteiger partial charge in [0.2, 0.25) is 0 Å². The smallest absolute Gasteiger partial charge is 0.166 e. The van der Waals surface area contributed by atoms with Crippen molar-refractivity contribution in [1.29, 1.82) is 0 Å². The summed E-state index contributed by atoms with van der Waals surface area (Å²) >= 11 is 0. The van der Waals surface area contributed by atoms with Gasteiger partial charge in [0.25, 0.3) is 0 Å². The molecule has 0 aliphatic carbocycles. The summed E-state index contributed by atoms with van der Waals surface area (Å²) in [6, 6.07) is 4.77. The molecule has 0 amide bonds. The highest BCUT2D eigenvalue weighted by Gasteiger charge is 2.41. The lowest BCUT2D eigenvalue weighted by atomic mass is 9.78. The number of aryl methyl sites for hydroxylation is 1. The van der Waals surface area contributed by atoms with Gasteiger partial charge < -0.3 is 9.47 Å². The number of carbonyl (C=O) groups excluding carboxylic acids is 1. The van der Waals surface area contributed by atoms with Gasteiger partial charge in [-0.15, -0.1) is 0 Å². The number of rotatable bonds is 2. The van der Waals surface area contributed by atoms with Gasteiger partial charge in [-0.1, -0.05) is 12.1 Å². The highest BCUT2D eigenvalue weighted by molar-refractivity contribution is 5.98. The summed E-state index contributed by atoms with van der Waals surface area (Å²) in [5, 5.41) is 0. The molecule has 0 bridgehead atoms. The Bertz CT molecular complexity index is 529. The SMILES string of the molecule is Cc1ccc(C(=O)C2CCOC3(CCOCC3)C2)cc1F. The molecule has 114 valence electrons. The van der Waals surface area contributed by atoms with E-state index < -0.39 is 0 Å². The highest BCUT2D eigenvalue weighted by Crippen LogP contribution is 2.38. The first-order chi connectivity index (χ1) is 10.1. The largest absolute Gasteiger partial charge is 0.381 e. The number of ketones is 1. The van der Waals surface area contributed by atoms with Crippen LogP contribution in [-0.4, -0.2) is 31.2 Å². The van der Waals surface area contributed by atoms with Crippen LogP contribution < -0.4 is 0 Å². The average molecular weight is 292 g/mol. The van der Waals surface area contributed by atoms with Gasteiger partial charge >= 0.3 is 0 Å². The van der Waals surface area contributed by atoms with Crippen molar-refractivity contribution in [2.24, 2.45) is 5.92 Å². The number of Topliss-reactive ketones (excluding diaryl/α,β-unsaturated/α-hetero) is 1. The summed E-state index contributed by atoms with van der Waals surface area (Å²) in [4.78, 5) is 12.6. The van der Waals surface area contributed by atoms with E-state index in [2.05, 4.69) is 0 Å². The fraction of sp³-hybridized carbons (Fsp3) is 0.588. The molecule has 1 atom stereocenters. The van der Waals surface area contributed by atoms with Crippen LogP contribution in [0.3, 0.4) is 0 Å². The molecule has 2 saturated heterocycles. The predicted octanol–water partition coefficient (Wildman–Crippen LogP) is 3.29. The third kappa shape index (κ3) is 3.01. The molecule has 2 aliphatic rings. The van der Waals surface area contributed by atoms with Gasteiger partial charge in [-0.05, 0) is 44.2 Å². The summed E-state index contributed by atoms with van der Waals surface area (Å²) < 4.78 is 25.0. The second-order valence-corrected chi connectivity index (χ2v) is 6.16. The zero-order valence-corrected chi connectivity index (χ0v) is 12.4. The van der Waals surface area contributed by atoms with E-state index in [0.717, 1.165) is 25.7 Å². The first kappa shape index (κ1) is 14.7. The lowest BCUT2D eigenvalue weighted by molar-refractivity contribution is -0.142. The van der Waals surface area contributed by atoms with Crippen LogP contribution in [0.1, 0.15) is 41.6 Å². The van der Waals surface area contributed by atoms with E-state index in [0.29, 0.717) is 30.9 Å². The summed E-state index contributed by atoms with van der Waals surface area (Å²) in [5.74, 6) is -0.337. The van der Waals surface area contributed by atoms with Crippen molar-refractivity contribution >= 4 is 5.78 Å². The topological polar surface area (TPSA) is 35.5 Å². The third-order valence-corrected chi connectivity index (χ3v) is 4.72. The quantitative estimate of drug-likeness (QED) is 0.785. The van der Waals surface area contributed by atoms with Crippen molar-refractivity contribution in [1.82, 2.24) is 0 Å². The summed E-state index contributed by atoms with van der Waals surface area (Å²) in [5.41, 5.74) is 0.840. The number of ether oxygens (including phenoxy) is 2. The van der Waals surface area contributed by atoms with Gasteiger partial charge in [0, 0.05) is 31.3 Å². The number of carbonyl (C=O) groups is 1. The number of benzene rings is 1. The second-order valence-electron chi connectivity index (χ2n) is 6.16. The van der Waals surface area contributed by atoms with E-state index in [1.807, 2.05) is 0 Å². The molecule has 0 aromatic heterocycles. The number of hydrogen-bond donors (Lipinski definition) is 0. The van der Waals surface area contributed by atoms with Gasteiger partial charge in [-0.25, -0.2) is 4.39 Å². The van der Waals surface area contributed by atoms with E-state index in [9.17, 15) is 9.18 Å². The van der Waals surface area contributed by atoms with Crippen LogP contribution in [0.15, 0.2) is 18.2 Å². The third-order valence-electron chi connectivity index (χ3n) is 4.72. The zero-order valence-electron chi connectivity index (χ0n) is 12.4. The summed E-state index contributed by atoms with van der Waals surface area (Å²) in [6.45, 7) is 3.69. The molecule has 0 saturated carbocycles. The minimum atomic E-state index is -0.311. The van der Waals surface area contributed by atoms with Crippen molar-refractivity contribution in [2.45, 2.75) is 38.2 Å². The van der Waals surface area contributed by atoms with Gasteiger partial charge in [0.1, 0.15) is 5.82 Å². The normalized spacial score (nSPS) is 25.0. The molecule has 1 aromatic rings. The maximum Gasteiger partial charge on any atom is 0.166 e. The maximum absolute atomic E-state index is 13.7. The van der Waals surface area contributed by atoms with Crippen molar-refractivity contribution in [3.05, 3.63) is 35.1 Å². The fourth-order valence-corrected chi connectivity index (χ4v) is 3.33. The van der Waals surface area contributed by atoms with Crippen LogP contribution in [0.5, 0.6) is 0 Å². The minimum Gasteiger partial charge on any atom is -0.381 e. The lowest BCUT2D eigenvalue weighted by Gasteiger charge is -2.42. The molecular formula is C17H21FO3. The standard InChI is InChI=1S/C17H21FO3/c1-12-2-3-13(10-15(12)18)16(19)14-4-7-21-17(11-14)5-8-20-9-6-17/h2-3,10,14H,4-9,11H2,1H3. The maximum atomic E-state index is 13.7. The predicted molar refractivity (Wildman–Crippen MR) is 76.9 cm³/mol.